The number of hydrogen-bond acceptors (Lipinski definition) is 5. The summed E-state index contributed by atoms with van der Waals surface area (Å²) < 4.78 is 5.19. The molecule has 0 saturated heterocycles. The summed E-state index contributed by atoms with van der Waals surface area (Å²) >= 11 is 0. The molecule has 5 rings (SSSR count). The lowest BCUT2D eigenvalue weighted by Gasteiger charge is -2.61. The van der Waals surface area contributed by atoms with Gasteiger partial charge in [-0.1, -0.05) is 38.4 Å². The predicted octanol–water partition coefficient (Wildman–Crippen LogP) is 5.83. The molecule has 0 bridgehead atoms. The molecule has 1 heterocycles. The molecule has 0 aromatic carbocycles. The molecule has 1 aromatic rings. The Kier molecular flexibility index (Phi) is 6.17. The van der Waals surface area contributed by atoms with Gasteiger partial charge in [0, 0.05) is 11.5 Å². The van der Waals surface area contributed by atoms with E-state index in [1.165, 1.54) is 11.6 Å². The molecule has 0 aliphatic heterocycles. The normalized spacial score (nSPS) is 41.5. The van der Waals surface area contributed by atoms with Gasteiger partial charge in [0.1, 0.15) is 7.11 Å². The molecule has 0 amide bonds. The average molecular weight is 442 g/mol. The van der Waals surface area contributed by atoms with Gasteiger partial charge < -0.3 is 14.4 Å². The first kappa shape index (κ1) is 23.3. The number of oxime groups is 1. The number of aliphatic hydroxyl groups is 1. The van der Waals surface area contributed by atoms with E-state index in [2.05, 4.69) is 25.1 Å². The van der Waals surface area contributed by atoms with Gasteiger partial charge in [-0.25, -0.2) is 4.79 Å². The molecule has 6 unspecified atom stereocenters. The minimum Gasteiger partial charge on any atom is -0.431 e. The molecule has 3 fully saturated rings. The summed E-state index contributed by atoms with van der Waals surface area (Å²) in [6.45, 7) is 8.70. The lowest BCUT2D eigenvalue weighted by molar-refractivity contribution is -0.176. The van der Waals surface area contributed by atoms with E-state index in [4.69, 9.17) is 9.25 Å². The predicted molar refractivity (Wildman–Crippen MR) is 127 cm³/mol. The minimum absolute atomic E-state index is 0.143. The Labute approximate surface area is 191 Å². The molecule has 5 nitrogen and oxygen atoms in total. The zero-order chi connectivity index (χ0) is 23.1. The van der Waals surface area contributed by atoms with E-state index in [1.54, 1.807) is 13.4 Å². The second-order valence-electron chi connectivity index (χ2n) is 10.5. The van der Waals surface area contributed by atoms with E-state index in [-0.39, 0.29) is 22.4 Å². The Morgan fingerprint density at radius 2 is 1.84 bits per heavy atom. The molecule has 0 radical (unpaired) electrons. The Morgan fingerprint density at radius 3 is 2.53 bits per heavy atom. The molecule has 5 heteroatoms. The smallest absolute Gasteiger partial charge is 0.335 e. The fourth-order valence-corrected chi connectivity index (χ4v) is 7.83. The first-order valence-corrected chi connectivity index (χ1v) is 12.4. The molecule has 32 heavy (non-hydrogen) atoms. The number of allylic oxidation sites excluding steroid dienone is 2. The van der Waals surface area contributed by atoms with Crippen LogP contribution in [0.4, 0.5) is 0 Å². The van der Waals surface area contributed by atoms with Crippen LogP contribution in [0, 0.1) is 22.7 Å². The monoisotopic (exact) mass is 441 g/mol. The highest BCUT2D eigenvalue weighted by molar-refractivity contribution is 5.96. The minimum atomic E-state index is -0.661. The van der Waals surface area contributed by atoms with Crippen molar-refractivity contribution in [1.29, 1.82) is 0 Å². The van der Waals surface area contributed by atoms with Crippen LogP contribution in [0.25, 0.3) is 0 Å². The van der Waals surface area contributed by atoms with Crippen LogP contribution in [-0.4, -0.2) is 23.5 Å². The Morgan fingerprint density at radius 1 is 1.06 bits per heavy atom. The lowest BCUT2D eigenvalue weighted by Crippen LogP contribution is -2.60. The Bertz CT molecular complexity index is 944. The zero-order valence-corrected chi connectivity index (χ0v) is 20.3. The van der Waals surface area contributed by atoms with Gasteiger partial charge in [-0.15, -0.1) is 0 Å². The van der Waals surface area contributed by atoms with Crippen molar-refractivity contribution in [3.05, 3.63) is 46.0 Å². The van der Waals surface area contributed by atoms with Crippen molar-refractivity contribution < 1.29 is 14.4 Å². The molecule has 6 atom stereocenters. The summed E-state index contributed by atoms with van der Waals surface area (Å²) in [5, 5.41) is 16.4. The number of hydrogen-bond donors (Lipinski definition) is 1. The van der Waals surface area contributed by atoms with E-state index in [0.29, 0.717) is 11.8 Å². The van der Waals surface area contributed by atoms with Gasteiger partial charge in [0.25, 0.3) is 0 Å². The van der Waals surface area contributed by atoms with Crippen LogP contribution in [-0.2, 0) is 4.84 Å². The van der Waals surface area contributed by atoms with Gasteiger partial charge in [0.2, 0.25) is 0 Å². The van der Waals surface area contributed by atoms with Crippen molar-refractivity contribution in [2.24, 2.45) is 27.8 Å². The second kappa shape index (κ2) is 8.48. The second-order valence-corrected chi connectivity index (χ2v) is 10.5. The van der Waals surface area contributed by atoms with Crippen molar-refractivity contribution in [1.82, 2.24) is 0 Å². The maximum absolute atomic E-state index is 12.2. The third-order valence-corrected chi connectivity index (χ3v) is 9.50. The molecule has 0 spiro atoms. The molecular formula is C27H39NO4. The summed E-state index contributed by atoms with van der Waals surface area (Å²) in [7, 11) is 1.61. The highest BCUT2D eigenvalue weighted by Gasteiger charge is 2.66. The van der Waals surface area contributed by atoms with E-state index in [9.17, 15) is 9.90 Å². The van der Waals surface area contributed by atoms with Crippen LogP contribution in [0.2, 0.25) is 0 Å². The van der Waals surface area contributed by atoms with Gasteiger partial charge in [0.15, 0.2) is 0 Å². The van der Waals surface area contributed by atoms with E-state index in [1.807, 2.05) is 19.9 Å². The van der Waals surface area contributed by atoms with E-state index in [0.717, 1.165) is 62.6 Å². The summed E-state index contributed by atoms with van der Waals surface area (Å²) in [5.41, 5.74) is 2.60. The zero-order valence-electron chi connectivity index (χ0n) is 20.3. The van der Waals surface area contributed by atoms with Gasteiger partial charge in [-0.05, 0) is 92.2 Å². The largest absolute Gasteiger partial charge is 0.431 e. The molecule has 4 aliphatic carbocycles. The van der Waals surface area contributed by atoms with Crippen LogP contribution >= 0.6 is 0 Å². The third kappa shape index (κ3) is 3.30. The van der Waals surface area contributed by atoms with Gasteiger partial charge in [-0.3, -0.25) is 0 Å². The fraction of sp³-hybridized carbons (Fsp3) is 0.704. The maximum atomic E-state index is 12.2. The van der Waals surface area contributed by atoms with Crippen LogP contribution in [0.3, 0.4) is 0 Å². The van der Waals surface area contributed by atoms with Crippen LogP contribution in [0.15, 0.2) is 44.4 Å². The highest BCUT2D eigenvalue weighted by Crippen LogP contribution is 2.69. The number of nitrogens with zero attached hydrogens (tertiary/aromatic N) is 1. The van der Waals surface area contributed by atoms with E-state index >= 15 is 0 Å². The van der Waals surface area contributed by atoms with Crippen molar-refractivity contribution in [3.63, 3.8) is 0 Å². The van der Waals surface area contributed by atoms with Crippen molar-refractivity contribution in [2.75, 3.05) is 7.11 Å². The molecule has 1 N–H and O–H groups in total. The maximum Gasteiger partial charge on any atom is 0.335 e. The van der Waals surface area contributed by atoms with Gasteiger partial charge >= 0.3 is 5.63 Å². The van der Waals surface area contributed by atoms with Crippen LogP contribution in [0.5, 0.6) is 0 Å². The number of rotatable bonds is 2. The summed E-state index contributed by atoms with van der Waals surface area (Å²) in [6.07, 6.45) is 11.9. The molecule has 4 aliphatic rings. The first-order valence-electron chi connectivity index (χ1n) is 12.4. The van der Waals surface area contributed by atoms with Crippen molar-refractivity contribution in [2.45, 2.75) is 90.6 Å². The summed E-state index contributed by atoms with van der Waals surface area (Å²) in [6, 6.07) is 3.42. The topological polar surface area (TPSA) is 72.0 Å². The summed E-state index contributed by atoms with van der Waals surface area (Å²) in [5.74, 6) is 1.07. The standard InChI is InChI=1S/C25H33NO4.C2H6/c1-23-11-8-18(26-29-3)14-17(23)5-6-21-20(23)9-12-24(2)19(10-13-25(21,24)28)16-4-7-22(27)30-15-16;1-2/h4,7,14-15,19-21,28H,5-6,8-13H2,1-3H3;1-2H3/b26-18+;. The van der Waals surface area contributed by atoms with Crippen molar-refractivity contribution >= 4 is 5.71 Å². The third-order valence-electron chi connectivity index (χ3n) is 9.50. The SMILES string of the molecule is CC.CO/N=C1/C=C2CCC3C(CCC4(C)C(c5ccc(=O)oc5)CCC34O)C2(C)CC1. The van der Waals surface area contributed by atoms with Crippen molar-refractivity contribution in [3.8, 4) is 0 Å². The highest BCUT2D eigenvalue weighted by atomic mass is 16.6. The number of fused-ring (bicyclic) bond motifs is 5. The lowest BCUT2D eigenvalue weighted by atomic mass is 9.45. The molecule has 1 aromatic heterocycles. The fourth-order valence-electron chi connectivity index (χ4n) is 7.83. The molecular weight excluding hydrogens is 402 g/mol. The Balaban J connectivity index is 0.00000119. The Hall–Kier alpha value is -1.88. The van der Waals surface area contributed by atoms with Gasteiger partial charge in [-0.2, -0.15) is 0 Å². The average Bonchev–Trinajstić information content (AvgIpc) is 3.07. The summed E-state index contributed by atoms with van der Waals surface area (Å²) in [4.78, 5) is 16.5. The van der Waals surface area contributed by atoms with Crippen LogP contribution in [0.1, 0.15) is 90.5 Å². The quantitative estimate of drug-likeness (QED) is 0.586. The molecule has 3 saturated carbocycles. The van der Waals surface area contributed by atoms with E-state index < -0.39 is 5.60 Å². The first-order chi connectivity index (χ1) is 15.3. The molecule has 176 valence electrons. The van der Waals surface area contributed by atoms with Gasteiger partial charge in [0.05, 0.1) is 17.6 Å². The van der Waals surface area contributed by atoms with Crippen LogP contribution < -0.4 is 5.63 Å².